The molecule has 0 spiro atoms. The summed E-state index contributed by atoms with van der Waals surface area (Å²) in [5.74, 6) is 1.39. The lowest BCUT2D eigenvalue weighted by molar-refractivity contribution is -0.148. The Morgan fingerprint density at radius 1 is 1.52 bits per heavy atom. The predicted molar refractivity (Wildman–Crippen MR) is 78.1 cm³/mol. The van der Waals surface area contributed by atoms with Crippen LogP contribution in [0.15, 0.2) is 12.1 Å². The number of nitrogens with two attached hydrogens (primary N) is 1. The van der Waals surface area contributed by atoms with Crippen molar-refractivity contribution >= 4 is 17.4 Å². The average Bonchev–Trinajstić information content (AvgIpc) is 2.87. The van der Waals surface area contributed by atoms with Crippen LogP contribution >= 0.6 is 0 Å². The number of aromatic nitrogens is 1. The summed E-state index contributed by atoms with van der Waals surface area (Å²) in [5.41, 5.74) is 6.26. The summed E-state index contributed by atoms with van der Waals surface area (Å²) in [6, 6.07) is 3.79. The Hall–Kier alpha value is -2.02. The van der Waals surface area contributed by atoms with Crippen LogP contribution in [0.1, 0.15) is 6.42 Å². The number of ether oxygens (including phenoxy) is 2. The van der Waals surface area contributed by atoms with Gasteiger partial charge in [0.05, 0.1) is 31.9 Å². The molecule has 1 unspecified atom stereocenters. The number of likely N-dealkylation sites (tertiary alicyclic amines) is 1. The van der Waals surface area contributed by atoms with E-state index < -0.39 is 0 Å². The van der Waals surface area contributed by atoms with Crippen molar-refractivity contribution in [2.45, 2.75) is 12.5 Å². The molecule has 0 aromatic carbocycles. The summed E-state index contributed by atoms with van der Waals surface area (Å²) in [6.07, 6.45) is 0.910. The number of nitrogens with one attached hydrogen (secondary N) is 1. The number of anilines is 2. The molecule has 114 valence electrons. The van der Waals surface area contributed by atoms with E-state index in [1.807, 2.05) is 11.0 Å². The number of nitrogen functional groups attached to an aromatic ring is 1. The molecule has 3 N–H and O–H groups in total. The maximum atomic E-state index is 12.1. The number of hydrogen-bond acceptors (Lipinski definition) is 6. The zero-order chi connectivity index (χ0) is 14.8. The van der Waals surface area contributed by atoms with E-state index >= 15 is 0 Å². The Kier molecular flexibility index (Phi) is 3.83. The SMILES string of the molecule is COc1nc(NC2CCN(C(=O)C3COC3)C2)ccc1N. The Morgan fingerprint density at radius 3 is 3.00 bits per heavy atom. The van der Waals surface area contributed by atoms with Gasteiger partial charge in [0.2, 0.25) is 11.8 Å². The summed E-state index contributed by atoms with van der Waals surface area (Å²) in [5, 5.41) is 3.33. The molecule has 3 rings (SSSR count). The molecule has 0 aliphatic carbocycles. The molecule has 21 heavy (non-hydrogen) atoms. The molecule has 7 nitrogen and oxygen atoms in total. The minimum absolute atomic E-state index is 0.0542. The van der Waals surface area contributed by atoms with Gasteiger partial charge in [-0.25, -0.2) is 0 Å². The maximum absolute atomic E-state index is 12.1. The van der Waals surface area contributed by atoms with Crippen LogP contribution in [0.2, 0.25) is 0 Å². The van der Waals surface area contributed by atoms with E-state index in [1.54, 1.807) is 13.2 Å². The largest absolute Gasteiger partial charge is 0.479 e. The second kappa shape index (κ2) is 5.77. The molecule has 2 fully saturated rings. The molecule has 2 saturated heterocycles. The van der Waals surface area contributed by atoms with Gasteiger partial charge in [0.25, 0.3) is 0 Å². The molecule has 0 radical (unpaired) electrons. The fourth-order valence-corrected chi connectivity index (χ4v) is 2.62. The van der Waals surface area contributed by atoms with E-state index in [2.05, 4.69) is 10.3 Å². The molecular formula is C14H20N4O3. The van der Waals surface area contributed by atoms with Gasteiger partial charge in [-0.15, -0.1) is 0 Å². The number of hydrogen-bond donors (Lipinski definition) is 2. The summed E-state index contributed by atoms with van der Waals surface area (Å²) in [7, 11) is 1.54. The van der Waals surface area contributed by atoms with Gasteiger partial charge in [0.15, 0.2) is 0 Å². The molecule has 0 saturated carbocycles. The molecule has 1 amide bonds. The maximum Gasteiger partial charge on any atom is 0.238 e. The molecule has 1 atom stereocenters. The van der Waals surface area contributed by atoms with E-state index in [4.69, 9.17) is 15.2 Å². The van der Waals surface area contributed by atoms with Gasteiger partial charge in [0, 0.05) is 19.1 Å². The van der Waals surface area contributed by atoms with Crippen molar-refractivity contribution in [3.05, 3.63) is 12.1 Å². The van der Waals surface area contributed by atoms with Gasteiger partial charge in [-0.1, -0.05) is 0 Å². The van der Waals surface area contributed by atoms with Crippen LogP contribution in [-0.2, 0) is 9.53 Å². The number of carbonyl (C=O) groups is 1. The van der Waals surface area contributed by atoms with E-state index in [-0.39, 0.29) is 17.9 Å². The minimum Gasteiger partial charge on any atom is -0.479 e. The van der Waals surface area contributed by atoms with Crippen molar-refractivity contribution in [3.63, 3.8) is 0 Å². The predicted octanol–water partition coefficient (Wildman–Crippen LogP) is 0.332. The van der Waals surface area contributed by atoms with Crippen molar-refractivity contribution in [1.29, 1.82) is 0 Å². The highest BCUT2D eigenvalue weighted by Gasteiger charge is 2.34. The number of methoxy groups -OCH3 is 1. The summed E-state index contributed by atoms with van der Waals surface area (Å²) in [4.78, 5) is 18.3. The minimum atomic E-state index is 0.0542. The quantitative estimate of drug-likeness (QED) is 0.831. The monoisotopic (exact) mass is 292 g/mol. The first kappa shape index (κ1) is 13.9. The first-order valence-corrected chi connectivity index (χ1v) is 7.11. The first-order valence-electron chi connectivity index (χ1n) is 7.11. The normalized spacial score (nSPS) is 22.0. The first-order chi connectivity index (χ1) is 10.2. The van der Waals surface area contributed by atoms with Crippen molar-refractivity contribution in [2.75, 3.05) is 44.5 Å². The van der Waals surface area contributed by atoms with Crippen LogP contribution in [0.25, 0.3) is 0 Å². The Bertz CT molecular complexity index is 533. The van der Waals surface area contributed by atoms with E-state index in [0.717, 1.165) is 13.0 Å². The van der Waals surface area contributed by atoms with Crippen molar-refractivity contribution in [3.8, 4) is 5.88 Å². The van der Waals surface area contributed by atoms with Gasteiger partial charge in [0.1, 0.15) is 5.82 Å². The van der Waals surface area contributed by atoms with Gasteiger partial charge in [-0.2, -0.15) is 4.98 Å². The number of rotatable bonds is 4. The van der Waals surface area contributed by atoms with Crippen molar-refractivity contribution in [1.82, 2.24) is 9.88 Å². The van der Waals surface area contributed by atoms with Crippen LogP contribution in [0.3, 0.4) is 0 Å². The third-order valence-electron chi connectivity index (χ3n) is 3.92. The zero-order valence-corrected chi connectivity index (χ0v) is 12.0. The number of carbonyl (C=O) groups excluding carboxylic acids is 1. The van der Waals surface area contributed by atoms with Crippen LogP contribution in [0, 0.1) is 5.92 Å². The van der Waals surface area contributed by atoms with E-state index in [9.17, 15) is 4.79 Å². The van der Waals surface area contributed by atoms with Crippen molar-refractivity contribution < 1.29 is 14.3 Å². The third kappa shape index (κ3) is 2.87. The standard InChI is InChI=1S/C14H20N4O3/c1-20-13-11(15)2-3-12(17-13)16-10-4-5-18(6-10)14(19)9-7-21-8-9/h2-3,9-10H,4-8,15H2,1H3,(H,16,17). The molecule has 0 bridgehead atoms. The lowest BCUT2D eigenvalue weighted by Gasteiger charge is -2.29. The smallest absolute Gasteiger partial charge is 0.238 e. The summed E-state index contributed by atoms with van der Waals surface area (Å²) >= 11 is 0. The lowest BCUT2D eigenvalue weighted by atomic mass is 10.1. The highest BCUT2D eigenvalue weighted by atomic mass is 16.5. The zero-order valence-electron chi connectivity index (χ0n) is 12.0. The average molecular weight is 292 g/mol. The van der Waals surface area contributed by atoms with Crippen LogP contribution in [0.5, 0.6) is 5.88 Å². The second-order valence-corrected chi connectivity index (χ2v) is 5.44. The fourth-order valence-electron chi connectivity index (χ4n) is 2.62. The highest BCUT2D eigenvalue weighted by Crippen LogP contribution is 2.23. The highest BCUT2D eigenvalue weighted by molar-refractivity contribution is 5.80. The van der Waals surface area contributed by atoms with Gasteiger partial charge in [-0.3, -0.25) is 4.79 Å². The van der Waals surface area contributed by atoms with E-state index in [1.165, 1.54) is 0 Å². The number of amides is 1. The topological polar surface area (TPSA) is 89.7 Å². The molecule has 2 aliphatic rings. The molecule has 7 heteroatoms. The number of nitrogens with zero attached hydrogens (tertiary/aromatic N) is 2. The molecular weight excluding hydrogens is 272 g/mol. The molecule has 2 aliphatic heterocycles. The summed E-state index contributed by atoms with van der Waals surface area (Å²) < 4.78 is 10.2. The Balaban J connectivity index is 1.58. The second-order valence-electron chi connectivity index (χ2n) is 5.44. The molecule has 3 heterocycles. The molecule has 1 aromatic heterocycles. The van der Waals surface area contributed by atoms with Crippen LogP contribution in [-0.4, -0.2) is 55.2 Å². The summed E-state index contributed by atoms with van der Waals surface area (Å²) in [6.45, 7) is 2.59. The van der Waals surface area contributed by atoms with Crippen LogP contribution in [0.4, 0.5) is 11.5 Å². The fraction of sp³-hybridized carbons (Fsp3) is 0.571. The third-order valence-corrected chi connectivity index (χ3v) is 3.92. The number of pyridine rings is 1. The van der Waals surface area contributed by atoms with Gasteiger partial charge >= 0.3 is 0 Å². The molecule has 1 aromatic rings. The Labute approximate surface area is 123 Å². The lowest BCUT2D eigenvalue weighted by Crippen LogP contribution is -2.44. The van der Waals surface area contributed by atoms with Gasteiger partial charge < -0.3 is 25.4 Å². The Morgan fingerprint density at radius 2 is 2.33 bits per heavy atom. The van der Waals surface area contributed by atoms with Crippen molar-refractivity contribution in [2.24, 2.45) is 5.92 Å². The van der Waals surface area contributed by atoms with Gasteiger partial charge in [-0.05, 0) is 18.6 Å². The van der Waals surface area contributed by atoms with Crippen LogP contribution < -0.4 is 15.8 Å². The van der Waals surface area contributed by atoms with E-state index in [0.29, 0.717) is 37.1 Å².